The second kappa shape index (κ2) is 7.29. The molecular weight excluding hydrogens is 314 g/mol. The quantitative estimate of drug-likeness (QED) is 0.844. The van der Waals surface area contributed by atoms with Crippen molar-refractivity contribution in [2.45, 2.75) is 6.42 Å². The van der Waals surface area contributed by atoms with Gasteiger partial charge in [-0.1, -0.05) is 29.3 Å². The Kier molecular flexibility index (Phi) is 5.42. The van der Waals surface area contributed by atoms with E-state index in [2.05, 4.69) is 10.6 Å². The second-order valence-corrected chi connectivity index (χ2v) is 5.20. The van der Waals surface area contributed by atoms with Crippen molar-refractivity contribution in [3.05, 3.63) is 58.3 Å². The Labute approximate surface area is 132 Å². The molecule has 1 amide bonds. The molecule has 2 rings (SSSR count). The van der Waals surface area contributed by atoms with E-state index in [4.69, 9.17) is 23.2 Å². The first-order valence-corrected chi connectivity index (χ1v) is 7.04. The van der Waals surface area contributed by atoms with Crippen molar-refractivity contribution in [2.75, 3.05) is 17.2 Å². The van der Waals surface area contributed by atoms with Gasteiger partial charge in [-0.2, -0.15) is 0 Å². The van der Waals surface area contributed by atoms with Gasteiger partial charge in [0.25, 0.3) is 0 Å². The molecule has 0 atom stereocenters. The van der Waals surface area contributed by atoms with E-state index in [0.717, 1.165) is 0 Å². The first kappa shape index (κ1) is 15.6. The zero-order valence-corrected chi connectivity index (χ0v) is 12.5. The Hall–Kier alpha value is -1.78. The average molecular weight is 327 g/mol. The maximum atomic E-state index is 13.0. The van der Waals surface area contributed by atoms with Crippen LogP contribution in [0.15, 0.2) is 42.5 Å². The molecule has 6 heteroatoms. The minimum atomic E-state index is -0.390. The topological polar surface area (TPSA) is 41.1 Å². The van der Waals surface area contributed by atoms with Gasteiger partial charge in [-0.05, 0) is 36.4 Å². The van der Waals surface area contributed by atoms with Crippen molar-refractivity contribution >= 4 is 40.5 Å². The van der Waals surface area contributed by atoms with E-state index in [0.29, 0.717) is 28.0 Å². The molecule has 2 aromatic carbocycles. The van der Waals surface area contributed by atoms with Gasteiger partial charge in [0.1, 0.15) is 5.82 Å². The molecule has 2 aromatic rings. The monoisotopic (exact) mass is 326 g/mol. The maximum absolute atomic E-state index is 13.0. The molecule has 0 spiro atoms. The van der Waals surface area contributed by atoms with Crippen LogP contribution in [0.2, 0.25) is 10.0 Å². The van der Waals surface area contributed by atoms with Gasteiger partial charge in [0, 0.05) is 23.7 Å². The normalized spacial score (nSPS) is 10.2. The SMILES string of the molecule is O=C(CCNc1ccc(Cl)cc1Cl)Nc1cccc(F)c1. The van der Waals surface area contributed by atoms with Crippen LogP contribution in [0.4, 0.5) is 15.8 Å². The summed E-state index contributed by atoms with van der Waals surface area (Å²) < 4.78 is 13.0. The van der Waals surface area contributed by atoms with Crippen LogP contribution in [0.1, 0.15) is 6.42 Å². The van der Waals surface area contributed by atoms with Crippen molar-refractivity contribution in [1.29, 1.82) is 0 Å². The van der Waals surface area contributed by atoms with Crippen LogP contribution in [-0.4, -0.2) is 12.5 Å². The molecule has 0 saturated carbocycles. The highest BCUT2D eigenvalue weighted by atomic mass is 35.5. The van der Waals surface area contributed by atoms with Crippen LogP contribution in [0.25, 0.3) is 0 Å². The Morgan fingerprint density at radius 3 is 2.67 bits per heavy atom. The van der Waals surface area contributed by atoms with Gasteiger partial charge in [0.15, 0.2) is 0 Å². The standard InChI is InChI=1S/C15H13Cl2FN2O/c16-10-4-5-14(13(17)8-10)19-7-6-15(21)20-12-3-1-2-11(18)9-12/h1-5,8-9,19H,6-7H2,(H,20,21). The highest BCUT2D eigenvalue weighted by Gasteiger charge is 2.05. The fourth-order valence-electron chi connectivity index (χ4n) is 1.73. The van der Waals surface area contributed by atoms with Gasteiger partial charge in [-0.15, -0.1) is 0 Å². The molecule has 0 heterocycles. The fourth-order valence-corrected chi connectivity index (χ4v) is 2.21. The maximum Gasteiger partial charge on any atom is 0.226 e. The summed E-state index contributed by atoms with van der Waals surface area (Å²) in [5.41, 5.74) is 1.14. The number of rotatable bonds is 5. The lowest BCUT2D eigenvalue weighted by molar-refractivity contribution is -0.115. The summed E-state index contributed by atoms with van der Waals surface area (Å²) in [5.74, 6) is -0.600. The number of hydrogen-bond acceptors (Lipinski definition) is 2. The minimum absolute atomic E-state index is 0.210. The molecule has 0 fully saturated rings. The summed E-state index contributed by atoms with van der Waals surface area (Å²) in [5, 5.41) is 6.71. The lowest BCUT2D eigenvalue weighted by atomic mass is 10.3. The third-order valence-corrected chi connectivity index (χ3v) is 3.25. The molecule has 0 bridgehead atoms. The number of halogens is 3. The van der Waals surface area contributed by atoms with Gasteiger partial charge in [0.05, 0.1) is 10.7 Å². The molecule has 3 nitrogen and oxygen atoms in total. The Morgan fingerprint density at radius 2 is 1.95 bits per heavy atom. The Balaban J connectivity index is 1.81. The van der Waals surface area contributed by atoms with Gasteiger partial charge in [-0.3, -0.25) is 4.79 Å². The second-order valence-electron chi connectivity index (χ2n) is 4.36. The van der Waals surface area contributed by atoms with Crippen LogP contribution < -0.4 is 10.6 Å². The van der Waals surface area contributed by atoms with Gasteiger partial charge in [0.2, 0.25) is 5.91 Å². The molecule has 0 aliphatic carbocycles. The van der Waals surface area contributed by atoms with E-state index in [1.165, 1.54) is 18.2 Å². The average Bonchev–Trinajstić information content (AvgIpc) is 2.41. The third kappa shape index (κ3) is 4.92. The number of carbonyl (C=O) groups excluding carboxylic acids is 1. The van der Waals surface area contributed by atoms with Crippen LogP contribution >= 0.6 is 23.2 Å². The first-order chi connectivity index (χ1) is 10.0. The summed E-state index contributed by atoms with van der Waals surface area (Å²) in [6, 6.07) is 10.8. The van der Waals surface area contributed by atoms with Crippen molar-refractivity contribution < 1.29 is 9.18 Å². The van der Waals surface area contributed by atoms with Crippen LogP contribution in [-0.2, 0) is 4.79 Å². The molecule has 0 radical (unpaired) electrons. The van der Waals surface area contributed by atoms with Gasteiger partial charge < -0.3 is 10.6 Å². The van der Waals surface area contributed by atoms with Crippen molar-refractivity contribution in [3.8, 4) is 0 Å². The lowest BCUT2D eigenvalue weighted by Crippen LogP contribution is -2.16. The van der Waals surface area contributed by atoms with Gasteiger partial charge in [-0.25, -0.2) is 4.39 Å². The summed E-state index contributed by atoms with van der Waals surface area (Å²) in [6.07, 6.45) is 0.232. The Morgan fingerprint density at radius 1 is 1.14 bits per heavy atom. The van der Waals surface area contributed by atoms with Crippen molar-refractivity contribution in [3.63, 3.8) is 0 Å². The summed E-state index contributed by atoms with van der Waals surface area (Å²) in [7, 11) is 0. The molecular formula is C15H13Cl2FN2O. The number of nitrogens with one attached hydrogen (secondary N) is 2. The highest BCUT2D eigenvalue weighted by molar-refractivity contribution is 6.36. The zero-order chi connectivity index (χ0) is 15.2. The molecule has 0 aromatic heterocycles. The van der Waals surface area contributed by atoms with Crippen molar-refractivity contribution in [1.82, 2.24) is 0 Å². The molecule has 0 unspecified atom stereocenters. The molecule has 0 saturated heterocycles. The number of amides is 1. The smallest absolute Gasteiger partial charge is 0.226 e. The van der Waals surface area contributed by atoms with Gasteiger partial charge >= 0.3 is 0 Å². The Bertz CT molecular complexity index is 649. The van der Waals surface area contributed by atoms with Crippen LogP contribution in [0.5, 0.6) is 0 Å². The van der Waals surface area contributed by atoms with Crippen LogP contribution in [0, 0.1) is 5.82 Å². The molecule has 21 heavy (non-hydrogen) atoms. The lowest BCUT2D eigenvalue weighted by Gasteiger charge is -2.09. The predicted octanol–water partition coefficient (Wildman–Crippen LogP) is 4.57. The van der Waals surface area contributed by atoms with E-state index in [-0.39, 0.29) is 18.1 Å². The van der Waals surface area contributed by atoms with E-state index in [1.54, 1.807) is 24.3 Å². The minimum Gasteiger partial charge on any atom is -0.383 e. The van der Waals surface area contributed by atoms with Crippen LogP contribution in [0.3, 0.4) is 0 Å². The summed E-state index contributed by atoms with van der Waals surface area (Å²) in [4.78, 5) is 11.7. The summed E-state index contributed by atoms with van der Waals surface area (Å²) >= 11 is 11.8. The molecule has 2 N–H and O–H groups in total. The van der Waals surface area contributed by atoms with E-state index in [1.807, 2.05) is 0 Å². The number of benzene rings is 2. The third-order valence-electron chi connectivity index (χ3n) is 2.71. The number of carbonyl (C=O) groups is 1. The number of anilines is 2. The highest BCUT2D eigenvalue weighted by Crippen LogP contribution is 2.25. The van der Waals surface area contributed by atoms with Crippen molar-refractivity contribution in [2.24, 2.45) is 0 Å². The number of hydrogen-bond donors (Lipinski definition) is 2. The zero-order valence-electron chi connectivity index (χ0n) is 11.0. The van der Waals surface area contributed by atoms with E-state index in [9.17, 15) is 9.18 Å². The fraction of sp³-hybridized carbons (Fsp3) is 0.133. The molecule has 0 aliphatic heterocycles. The predicted molar refractivity (Wildman–Crippen MR) is 84.6 cm³/mol. The van der Waals surface area contributed by atoms with E-state index < -0.39 is 0 Å². The molecule has 110 valence electrons. The largest absolute Gasteiger partial charge is 0.383 e. The summed E-state index contributed by atoms with van der Waals surface area (Å²) in [6.45, 7) is 0.405. The molecule has 0 aliphatic rings. The van der Waals surface area contributed by atoms with E-state index >= 15 is 0 Å². The first-order valence-electron chi connectivity index (χ1n) is 6.29.